The molecule has 0 radical (unpaired) electrons. The summed E-state index contributed by atoms with van der Waals surface area (Å²) < 4.78 is 1.97. The SMILES string of the molecule is CC.CC(C)(C)C.CC(C)(C)C.CC(C)(C)C.c1ccn2ccnc2c1. The second kappa shape index (κ2) is 13.8. The number of aromatic nitrogens is 2. The van der Waals surface area contributed by atoms with E-state index in [4.69, 9.17) is 0 Å². The first-order chi connectivity index (χ1) is 11.5. The van der Waals surface area contributed by atoms with Gasteiger partial charge in [0.05, 0.1) is 0 Å². The molecule has 0 amide bonds. The quantitative estimate of drug-likeness (QED) is 0.458. The van der Waals surface area contributed by atoms with Gasteiger partial charge in [-0.2, -0.15) is 0 Å². The average molecular weight is 365 g/mol. The zero-order valence-corrected chi connectivity index (χ0v) is 20.4. The summed E-state index contributed by atoms with van der Waals surface area (Å²) in [5, 5.41) is 0. The third-order valence-corrected chi connectivity index (χ3v) is 1.30. The standard InChI is InChI=1S/C7H6N2.3C5H12.C2H6/c1-2-5-9-6-4-8-7(9)3-1;3*1-5(2,3)4;1-2/h1-6H;3*1-4H3;1-2H3. The summed E-state index contributed by atoms with van der Waals surface area (Å²) in [5.41, 5.74) is 2.50. The molecule has 154 valence electrons. The number of hydrogen-bond acceptors (Lipinski definition) is 1. The Balaban J connectivity index is -0.000000276. The van der Waals surface area contributed by atoms with Gasteiger partial charge in [0.15, 0.2) is 0 Å². The van der Waals surface area contributed by atoms with Crippen molar-refractivity contribution in [1.82, 2.24) is 9.38 Å². The molecule has 0 fully saturated rings. The Morgan fingerprint density at radius 1 is 0.615 bits per heavy atom. The Labute approximate surface area is 165 Å². The molecule has 26 heavy (non-hydrogen) atoms. The first kappa shape index (κ1) is 29.5. The molecule has 0 aromatic carbocycles. The van der Waals surface area contributed by atoms with E-state index in [1.807, 2.05) is 48.8 Å². The fourth-order valence-electron chi connectivity index (χ4n) is 0.864. The van der Waals surface area contributed by atoms with Crippen molar-refractivity contribution in [2.45, 2.75) is 96.9 Å². The fourth-order valence-corrected chi connectivity index (χ4v) is 0.864. The first-order valence-corrected chi connectivity index (χ1v) is 9.84. The molecule has 0 unspecified atom stereocenters. The van der Waals surface area contributed by atoms with Gasteiger partial charge in [-0.1, -0.05) is 103 Å². The van der Waals surface area contributed by atoms with Crippen LogP contribution in [0.5, 0.6) is 0 Å². The fraction of sp³-hybridized carbons (Fsp3) is 0.708. The summed E-state index contributed by atoms with van der Waals surface area (Å²) in [5.74, 6) is 0. The number of pyridine rings is 1. The molecule has 0 saturated heterocycles. The van der Waals surface area contributed by atoms with Crippen molar-refractivity contribution in [2.24, 2.45) is 16.2 Å². The highest BCUT2D eigenvalue weighted by Crippen LogP contribution is 2.08. The molecule has 2 aromatic heterocycles. The van der Waals surface area contributed by atoms with Crippen molar-refractivity contribution in [3.63, 3.8) is 0 Å². The van der Waals surface area contributed by atoms with E-state index in [2.05, 4.69) is 88.1 Å². The van der Waals surface area contributed by atoms with E-state index in [9.17, 15) is 0 Å². The van der Waals surface area contributed by atoms with E-state index in [0.717, 1.165) is 5.65 Å². The minimum absolute atomic E-state index is 0.500. The van der Waals surface area contributed by atoms with Crippen LogP contribution in [0.1, 0.15) is 96.9 Å². The largest absolute Gasteiger partial charge is 0.307 e. The molecule has 2 rings (SSSR count). The van der Waals surface area contributed by atoms with Crippen LogP contribution in [-0.2, 0) is 0 Å². The van der Waals surface area contributed by atoms with Crippen LogP contribution in [0.25, 0.3) is 5.65 Å². The van der Waals surface area contributed by atoms with Crippen LogP contribution in [0.4, 0.5) is 0 Å². The summed E-state index contributed by atoms with van der Waals surface area (Å²) in [6, 6.07) is 5.93. The molecule has 2 heteroatoms. The van der Waals surface area contributed by atoms with E-state index in [1.165, 1.54) is 0 Å². The lowest BCUT2D eigenvalue weighted by Crippen LogP contribution is -1.93. The lowest BCUT2D eigenvalue weighted by atomic mass is 10.0. The highest BCUT2D eigenvalue weighted by atomic mass is 15.0. The van der Waals surface area contributed by atoms with Gasteiger partial charge in [-0.25, -0.2) is 4.98 Å². The van der Waals surface area contributed by atoms with Crippen molar-refractivity contribution in [2.75, 3.05) is 0 Å². The summed E-state index contributed by atoms with van der Waals surface area (Å²) >= 11 is 0. The number of fused-ring (bicyclic) bond motifs is 1. The number of imidazole rings is 1. The molecule has 2 nitrogen and oxygen atoms in total. The van der Waals surface area contributed by atoms with Crippen LogP contribution >= 0.6 is 0 Å². The van der Waals surface area contributed by atoms with Crippen LogP contribution in [0.2, 0.25) is 0 Å². The van der Waals surface area contributed by atoms with Crippen molar-refractivity contribution in [1.29, 1.82) is 0 Å². The van der Waals surface area contributed by atoms with Gasteiger partial charge in [-0.15, -0.1) is 0 Å². The van der Waals surface area contributed by atoms with E-state index >= 15 is 0 Å². The Morgan fingerprint density at radius 2 is 0.962 bits per heavy atom. The van der Waals surface area contributed by atoms with Gasteiger partial charge in [0.2, 0.25) is 0 Å². The number of rotatable bonds is 0. The number of nitrogens with zero attached hydrogens (tertiary/aromatic N) is 2. The smallest absolute Gasteiger partial charge is 0.136 e. The molecule has 2 aromatic rings. The molecule has 0 N–H and O–H groups in total. The Kier molecular flexibility index (Phi) is 15.7. The van der Waals surface area contributed by atoms with Crippen LogP contribution < -0.4 is 0 Å². The van der Waals surface area contributed by atoms with Crippen LogP contribution in [-0.4, -0.2) is 9.38 Å². The summed E-state index contributed by atoms with van der Waals surface area (Å²) in [4.78, 5) is 4.08. The van der Waals surface area contributed by atoms with Gasteiger partial charge in [-0.05, 0) is 28.4 Å². The van der Waals surface area contributed by atoms with Crippen LogP contribution in [0, 0.1) is 16.2 Å². The van der Waals surface area contributed by atoms with Gasteiger partial charge >= 0.3 is 0 Å². The zero-order valence-electron chi connectivity index (χ0n) is 20.4. The second-order valence-electron chi connectivity index (χ2n) is 10.9. The minimum atomic E-state index is 0.500. The lowest BCUT2D eigenvalue weighted by molar-refractivity contribution is 0.469. The molecule has 0 aliphatic carbocycles. The third-order valence-electron chi connectivity index (χ3n) is 1.30. The Bertz CT molecular complexity index is 455. The van der Waals surface area contributed by atoms with Crippen molar-refractivity contribution in [3.8, 4) is 0 Å². The summed E-state index contributed by atoms with van der Waals surface area (Å²) in [7, 11) is 0. The van der Waals surface area contributed by atoms with E-state index in [1.54, 1.807) is 6.20 Å². The maximum absolute atomic E-state index is 4.08. The maximum Gasteiger partial charge on any atom is 0.136 e. The van der Waals surface area contributed by atoms with E-state index in [0.29, 0.717) is 16.2 Å². The molecule has 2 heterocycles. The highest BCUT2D eigenvalue weighted by molar-refractivity contribution is 5.36. The van der Waals surface area contributed by atoms with E-state index in [-0.39, 0.29) is 0 Å². The average Bonchev–Trinajstić information content (AvgIpc) is 2.83. The Hall–Kier alpha value is -1.31. The van der Waals surface area contributed by atoms with Crippen LogP contribution in [0.3, 0.4) is 0 Å². The second-order valence-corrected chi connectivity index (χ2v) is 10.9. The maximum atomic E-state index is 4.08. The minimum Gasteiger partial charge on any atom is -0.307 e. The molecule has 0 saturated carbocycles. The zero-order chi connectivity index (χ0) is 21.6. The van der Waals surface area contributed by atoms with Gasteiger partial charge in [0.25, 0.3) is 0 Å². The molecule has 0 atom stereocenters. The van der Waals surface area contributed by atoms with Gasteiger partial charge in [0, 0.05) is 18.6 Å². The molecule has 0 bridgehead atoms. The highest BCUT2D eigenvalue weighted by Gasteiger charge is 1.96. The van der Waals surface area contributed by atoms with Gasteiger partial charge in [-0.3, -0.25) is 0 Å². The summed E-state index contributed by atoms with van der Waals surface area (Å²) in [6.07, 6.45) is 5.69. The van der Waals surface area contributed by atoms with Gasteiger partial charge in [0.1, 0.15) is 5.65 Å². The number of hydrogen-bond donors (Lipinski definition) is 0. The normalized spacial score (nSPS) is 10.7. The molecule has 0 spiro atoms. The molecule has 0 aliphatic heterocycles. The predicted octanol–water partition coefficient (Wildman–Crippen LogP) is 8.52. The Morgan fingerprint density at radius 3 is 1.27 bits per heavy atom. The molecular weight excluding hydrogens is 316 g/mol. The lowest BCUT2D eigenvalue weighted by Gasteiger charge is -2.05. The first-order valence-electron chi connectivity index (χ1n) is 9.84. The predicted molar refractivity (Wildman–Crippen MR) is 122 cm³/mol. The van der Waals surface area contributed by atoms with Crippen molar-refractivity contribution < 1.29 is 0 Å². The third kappa shape index (κ3) is 43.4. The molecule has 0 aliphatic rings. The van der Waals surface area contributed by atoms with Crippen molar-refractivity contribution >= 4 is 5.65 Å². The van der Waals surface area contributed by atoms with E-state index < -0.39 is 0 Å². The van der Waals surface area contributed by atoms with Crippen LogP contribution in [0.15, 0.2) is 36.8 Å². The topological polar surface area (TPSA) is 17.3 Å². The summed E-state index contributed by atoms with van der Waals surface area (Å²) in [6.45, 7) is 30.2. The monoisotopic (exact) mass is 364 g/mol. The van der Waals surface area contributed by atoms with Gasteiger partial charge < -0.3 is 4.40 Å². The molecular formula is C24H48N2. The van der Waals surface area contributed by atoms with Crippen molar-refractivity contribution in [3.05, 3.63) is 36.8 Å².